The van der Waals surface area contributed by atoms with Gasteiger partial charge >= 0.3 is 0 Å². The van der Waals surface area contributed by atoms with Crippen molar-refractivity contribution >= 4 is 34.7 Å². The van der Waals surface area contributed by atoms with Gasteiger partial charge in [0, 0.05) is 60.7 Å². The van der Waals surface area contributed by atoms with E-state index in [1.54, 1.807) is 25.5 Å². The van der Waals surface area contributed by atoms with Gasteiger partial charge in [-0.2, -0.15) is 0 Å². The number of hydrogen-bond donors (Lipinski definition) is 4. The molecule has 0 bridgehead atoms. The van der Waals surface area contributed by atoms with E-state index in [2.05, 4.69) is 29.5 Å². The molecule has 0 atom stereocenters. The SMILES string of the molecule is CN/C=C1/C=CC(c2ncc(Cl)cc2/C(C=N)=C/NCCC(C)C)=CC1=N. The average Bonchev–Trinajstić information content (AvgIpc) is 2.63. The highest BCUT2D eigenvalue weighted by Gasteiger charge is 2.15. The summed E-state index contributed by atoms with van der Waals surface area (Å²) < 4.78 is 0. The van der Waals surface area contributed by atoms with Crippen LogP contribution in [0.2, 0.25) is 5.02 Å². The minimum Gasteiger partial charge on any atom is -0.393 e. The zero-order valence-corrected chi connectivity index (χ0v) is 16.7. The lowest BCUT2D eigenvalue weighted by Gasteiger charge is -2.15. The molecule has 1 heterocycles. The van der Waals surface area contributed by atoms with E-state index in [1.165, 1.54) is 6.21 Å². The summed E-state index contributed by atoms with van der Waals surface area (Å²) in [6.45, 7) is 5.19. The number of nitrogens with one attached hydrogen (secondary N) is 4. The first kappa shape index (κ1) is 20.6. The van der Waals surface area contributed by atoms with E-state index in [-0.39, 0.29) is 0 Å². The van der Waals surface area contributed by atoms with Crippen molar-refractivity contribution in [2.24, 2.45) is 5.92 Å². The Labute approximate surface area is 165 Å². The van der Waals surface area contributed by atoms with Crippen LogP contribution < -0.4 is 10.6 Å². The minimum atomic E-state index is 0.403. The third kappa shape index (κ3) is 5.66. The lowest BCUT2D eigenvalue weighted by Crippen LogP contribution is -2.11. The molecule has 6 heteroatoms. The van der Waals surface area contributed by atoms with Crippen molar-refractivity contribution in [2.45, 2.75) is 20.3 Å². The van der Waals surface area contributed by atoms with Gasteiger partial charge in [0.25, 0.3) is 0 Å². The summed E-state index contributed by atoms with van der Waals surface area (Å²) in [5, 5.41) is 22.7. The fourth-order valence-corrected chi connectivity index (χ4v) is 2.78. The third-order valence-corrected chi connectivity index (χ3v) is 4.28. The maximum Gasteiger partial charge on any atom is 0.0783 e. The zero-order chi connectivity index (χ0) is 19.8. The quantitative estimate of drug-likeness (QED) is 0.395. The molecule has 1 aliphatic carbocycles. The maximum atomic E-state index is 8.21. The van der Waals surface area contributed by atoms with Crippen molar-refractivity contribution in [3.63, 3.8) is 0 Å². The Morgan fingerprint density at radius 2 is 2.11 bits per heavy atom. The first-order valence-corrected chi connectivity index (χ1v) is 9.30. The number of halogens is 1. The van der Waals surface area contributed by atoms with Gasteiger partial charge in [-0.3, -0.25) is 4.98 Å². The van der Waals surface area contributed by atoms with Crippen LogP contribution in [0.1, 0.15) is 31.5 Å². The van der Waals surface area contributed by atoms with Crippen LogP contribution in [0.15, 0.2) is 48.5 Å². The number of hydrogen-bond acceptors (Lipinski definition) is 5. The summed E-state index contributed by atoms with van der Waals surface area (Å²) in [5.74, 6) is 0.612. The second-order valence-corrected chi connectivity index (χ2v) is 7.10. The van der Waals surface area contributed by atoms with E-state index in [0.29, 0.717) is 27.9 Å². The smallest absolute Gasteiger partial charge is 0.0783 e. The summed E-state index contributed by atoms with van der Waals surface area (Å²) in [5.41, 5.74) is 4.18. The molecule has 0 spiro atoms. The Kier molecular flexibility index (Phi) is 7.55. The minimum absolute atomic E-state index is 0.403. The van der Waals surface area contributed by atoms with E-state index in [1.807, 2.05) is 24.4 Å². The molecule has 1 aromatic rings. The Morgan fingerprint density at radius 3 is 2.74 bits per heavy atom. The monoisotopic (exact) mass is 383 g/mol. The molecule has 0 unspecified atom stereocenters. The lowest BCUT2D eigenvalue weighted by atomic mass is 9.94. The van der Waals surface area contributed by atoms with Gasteiger partial charge in [-0.15, -0.1) is 0 Å². The summed E-state index contributed by atoms with van der Waals surface area (Å²) in [6.07, 6.45) is 13.1. The van der Waals surface area contributed by atoms with Crippen LogP contribution in [0.25, 0.3) is 11.1 Å². The molecule has 27 heavy (non-hydrogen) atoms. The number of allylic oxidation sites excluding steroid dienone is 6. The maximum absolute atomic E-state index is 8.21. The second-order valence-electron chi connectivity index (χ2n) is 6.67. The Bertz CT molecular complexity index is 831. The molecule has 142 valence electrons. The van der Waals surface area contributed by atoms with Crippen LogP contribution in [0.4, 0.5) is 0 Å². The van der Waals surface area contributed by atoms with Crippen molar-refractivity contribution in [1.29, 1.82) is 10.8 Å². The molecule has 4 N–H and O–H groups in total. The van der Waals surface area contributed by atoms with Gasteiger partial charge in [0.1, 0.15) is 0 Å². The normalized spacial score (nSPS) is 15.9. The molecule has 0 saturated carbocycles. The van der Waals surface area contributed by atoms with Crippen molar-refractivity contribution in [2.75, 3.05) is 13.6 Å². The molecule has 0 amide bonds. The summed E-state index contributed by atoms with van der Waals surface area (Å²) >= 11 is 6.17. The molecule has 1 aliphatic rings. The van der Waals surface area contributed by atoms with Gasteiger partial charge in [0.15, 0.2) is 0 Å². The Hall–Kier alpha value is -2.66. The highest BCUT2D eigenvalue weighted by molar-refractivity contribution is 6.31. The van der Waals surface area contributed by atoms with Gasteiger partial charge < -0.3 is 21.5 Å². The standard InChI is InChI=1S/C21H26ClN5/c1-14(2)6-7-26-12-17(10-23)19-9-18(22)13-27-21(19)15-4-5-16(11-25-3)20(24)8-15/h4-5,8-14,23-26H,6-7H2,1-3H3/b16-11-,17-12+,23-10?,24-20?. The summed E-state index contributed by atoms with van der Waals surface area (Å²) in [4.78, 5) is 4.48. The molecule has 5 nitrogen and oxygen atoms in total. The topological polar surface area (TPSA) is 84.7 Å². The van der Waals surface area contributed by atoms with Gasteiger partial charge in [-0.25, -0.2) is 0 Å². The molecular formula is C21H26ClN5. The van der Waals surface area contributed by atoms with Crippen molar-refractivity contribution in [3.8, 4) is 0 Å². The largest absolute Gasteiger partial charge is 0.393 e. The molecule has 0 radical (unpaired) electrons. The van der Waals surface area contributed by atoms with E-state index >= 15 is 0 Å². The molecule has 2 rings (SSSR count). The Balaban J connectivity index is 2.37. The third-order valence-electron chi connectivity index (χ3n) is 4.07. The van der Waals surface area contributed by atoms with Gasteiger partial charge in [0.2, 0.25) is 0 Å². The Morgan fingerprint density at radius 1 is 1.33 bits per heavy atom. The highest BCUT2D eigenvalue weighted by Crippen LogP contribution is 2.28. The number of rotatable bonds is 8. The molecule has 0 fully saturated rings. The molecular weight excluding hydrogens is 358 g/mol. The first-order valence-electron chi connectivity index (χ1n) is 8.92. The molecule has 0 saturated heterocycles. The molecule has 0 aliphatic heterocycles. The molecule has 1 aromatic heterocycles. The molecule has 0 aromatic carbocycles. The number of nitrogens with zero attached hydrogens (tertiary/aromatic N) is 1. The van der Waals surface area contributed by atoms with Gasteiger partial charge in [-0.05, 0) is 24.5 Å². The van der Waals surface area contributed by atoms with Crippen LogP contribution in [0.5, 0.6) is 0 Å². The van der Waals surface area contributed by atoms with Crippen molar-refractivity contribution in [3.05, 3.63) is 64.7 Å². The van der Waals surface area contributed by atoms with E-state index < -0.39 is 0 Å². The van der Waals surface area contributed by atoms with Gasteiger partial charge in [0.05, 0.1) is 16.4 Å². The summed E-state index contributed by atoms with van der Waals surface area (Å²) in [6, 6.07) is 1.81. The zero-order valence-electron chi connectivity index (χ0n) is 15.9. The number of pyridine rings is 1. The van der Waals surface area contributed by atoms with Crippen LogP contribution in [-0.2, 0) is 0 Å². The van der Waals surface area contributed by atoms with Crippen molar-refractivity contribution in [1.82, 2.24) is 15.6 Å². The van der Waals surface area contributed by atoms with Crippen LogP contribution in [0.3, 0.4) is 0 Å². The first-order chi connectivity index (χ1) is 13.0. The van der Waals surface area contributed by atoms with E-state index in [9.17, 15) is 0 Å². The predicted molar refractivity (Wildman–Crippen MR) is 115 cm³/mol. The fraction of sp³-hybridized carbons (Fsp3) is 0.286. The highest BCUT2D eigenvalue weighted by atomic mass is 35.5. The van der Waals surface area contributed by atoms with E-state index in [4.69, 9.17) is 22.4 Å². The number of aromatic nitrogens is 1. The second kappa shape index (κ2) is 9.88. The lowest BCUT2D eigenvalue weighted by molar-refractivity contribution is 0.571. The van der Waals surface area contributed by atoms with Gasteiger partial charge in [-0.1, -0.05) is 37.6 Å². The van der Waals surface area contributed by atoms with Crippen LogP contribution in [0, 0.1) is 16.7 Å². The van der Waals surface area contributed by atoms with Crippen molar-refractivity contribution < 1.29 is 0 Å². The van der Waals surface area contributed by atoms with Crippen LogP contribution >= 0.6 is 11.6 Å². The fourth-order valence-electron chi connectivity index (χ4n) is 2.63. The van der Waals surface area contributed by atoms with Crippen LogP contribution in [-0.4, -0.2) is 30.5 Å². The predicted octanol–water partition coefficient (Wildman–Crippen LogP) is 4.44. The average molecular weight is 384 g/mol. The summed E-state index contributed by atoms with van der Waals surface area (Å²) in [7, 11) is 1.81. The van der Waals surface area contributed by atoms with E-state index in [0.717, 1.165) is 29.7 Å².